The summed E-state index contributed by atoms with van der Waals surface area (Å²) in [6, 6.07) is 7.69. The van der Waals surface area contributed by atoms with E-state index in [4.69, 9.17) is 0 Å². The van der Waals surface area contributed by atoms with Gasteiger partial charge in [-0.05, 0) is 112 Å². The minimum Gasteiger partial charge on any atom is -0.344 e. The van der Waals surface area contributed by atoms with Crippen molar-refractivity contribution >= 4 is 45.4 Å². The Bertz CT molecular complexity index is 2260. The molecule has 1 unspecified atom stereocenters. The van der Waals surface area contributed by atoms with E-state index in [2.05, 4.69) is 25.1 Å². The Labute approximate surface area is 346 Å². The van der Waals surface area contributed by atoms with Gasteiger partial charge in [0.05, 0.1) is 28.5 Å². The molecule has 3 aliphatic heterocycles. The molecule has 7 rings (SSSR count). The van der Waals surface area contributed by atoms with E-state index in [1.165, 1.54) is 12.1 Å². The molecule has 0 saturated carbocycles. The molecule has 2 aromatic heterocycles. The molecule has 5 atom stereocenters. The van der Waals surface area contributed by atoms with Crippen molar-refractivity contribution in [3.05, 3.63) is 59.2 Å². The maximum absolute atomic E-state index is 15.1. The number of aromatic nitrogens is 2. The van der Waals surface area contributed by atoms with Crippen LogP contribution < -0.4 is 16.0 Å². The highest BCUT2D eigenvalue weighted by Crippen LogP contribution is 2.45. The largest absolute Gasteiger partial charge is 0.344 e. The summed E-state index contributed by atoms with van der Waals surface area (Å²) in [5.74, 6) is -1.77. The summed E-state index contributed by atoms with van der Waals surface area (Å²) in [5.41, 5.74) is 5.40. The van der Waals surface area contributed by atoms with E-state index in [9.17, 15) is 19.2 Å². The van der Waals surface area contributed by atoms with Gasteiger partial charge in [0.25, 0.3) is 0 Å². The van der Waals surface area contributed by atoms with E-state index < -0.39 is 18.1 Å². The van der Waals surface area contributed by atoms with Crippen molar-refractivity contribution < 1.29 is 28.0 Å². The Hall–Kier alpha value is -4.78. The molecule has 0 bridgehead atoms. The molecule has 11 nitrogen and oxygen atoms in total. The van der Waals surface area contributed by atoms with Gasteiger partial charge in [0.2, 0.25) is 23.6 Å². The number of rotatable bonds is 13. The Morgan fingerprint density at radius 2 is 1.07 bits per heavy atom. The number of halogens is 2. The second kappa shape index (κ2) is 17.1. The van der Waals surface area contributed by atoms with Crippen molar-refractivity contribution in [2.75, 3.05) is 20.1 Å². The van der Waals surface area contributed by atoms with E-state index in [-0.39, 0.29) is 65.1 Å². The van der Waals surface area contributed by atoms with Crippen LogP contribution in [-0.4, -0.2) is 92.9 Å². The van der Waals surface area contributed by atoms with Crippen LogP contribution in [0.5, 0.6) is 0 Å². The quantitative estimate of drug-likeness (QED) is 0.149. The lowest BCUT2D eigenvalue weighted by Gasteiger charge is -2.32. The van der Waals surface area contributed by atoms with Crippen LogP contribution >= 0.6 is 0 Å². The van der Waals surface area contributed by atoms with E-state index in [0.29, 0.717) is 39.0 Å². The van der Waals surface area contributed by atoms with E-state index in [1.807, 2.05) is 63.5 Å². The number of aryl methyl sites for hydroxylation is 2. The number of carbonyl (C=O) groups is 4. The molecule has 3 aliphatic rings. The lowest BCUT2D eigenvalue weighted by atomic mass is 9.94. The zero-order chi connectivity index (χ0) is 42.4. The summed E-state index contributed by atoms with van der Waals surface area (Å²) in [5, 5.41) is 10.8. The van der Waals surface area contributed by atoms with Gasteiger partial charge >= 0.3 is 0 Å². The standard InChI is InChI=1S/C46H61F2N7O4/c1-25(2)39(50-43(56)27(5)6)45(58)52-17-9-11-31(52)23-35-33-15-13-29(47)21-37(33)54-19-20-55-38-22-30(48)14-16-34(38)36(42(55)41(35)54)24-32-12-10-18-53(32)46(59)40(26(3)4)51-44(57)28(7)49-8/h13-16,21-22,25-28,31-32,39-40,49H,9-12,17-20,23-24H2,1-8H3,(H,50,56)(H,51,57)/t28-,31-,32-,39-,40?/m0/s1. The normalized spacial score (nSPS) is 19.5. The van der Waals surface area contributed by atoms with Gasteiger partial charge in [-0.15, -0.1) is 0 Å². The van der Waals surface area contributed by atoms with Gasteiger partial charge in [-0.1, -0.05) is 41.5 Å². The molecule has 0 radical (unpaired) electrons. The number of hydrogen-bond acceptors (Lipinski definition) is 5. The minimum absolute atomic E-state index is 0.0903. The third-order valence-electron chi connectivity index (χ3n) is 13.0. The zero-order valence-corrected chi connectivity index (χ0v) is 35.8. The third-order valence-corrected chi connectivity index (χ3v) is 13.0. The van der Waals surface area contributed by atoms with Crippen LogP contribution in [0.25, 0.3) is 33.2 Å². The Morgan fingerprint density at radius 3 is 1.46 bits per heavy atom. The van der Waals surface area contributed by atoms with Gasteiger partial charge in [-0.2, -0.15) is 0 Å². The summed E-state index contributed by atoms with van der Waals surface area (Å²) >= 11 is 0. The van der Waals surface area contributed by atoms with Gasteiger partial charge in [0, 0.05) is 55.0 Å². The molecule has 0 aliphatic carbocycles. The highest BCUT2D eigenvalue weighted by Gasteiger charge is 2.40. The molecule has 3 N–H and O–H groups in total. The van der Waals surface area contributed by atoms with Crippen LogP contribution in [0.3, 0.4) is 0 Å². The molecule has 318 valence electrons. The molecular formula is C46H61F2N7O4. The lowest BCUT2D eigenvalue weighted by Crippen LogP contribution is -2.55. The zero-order valence-electron chi connectivity index (χ0n) is 35.8. The predicted molar refractivity (Wildman–Crippen MR) is 227 cm³/mol. The maximum Gasteiger partial charge on any atom is 0.245 e. The fourth-order valence-corrected chi connectivity index (χ4v) is 9.67. The van der Waals surface area contributed by atoms with Crippen molar-refractivity contribution in [3.8, 4) is 11.4 Å². The number of nitrogens with one attached hydrogen (secondary N) is 3. The van der Waals surface area contributed by atoms with Gasteiger partial charge in [-0.3, -0.25) is 19.2 Å². The number of amides is 4. The molecule has 0 spiro atoms. The third kappa shape index (κ3) is 7.99. The van der Waals surface area contributed by atoms with Crippen molar-refractivity contribution in [2.45, 2.75) is 130 Å². The summed E-state index contributed by atoms with van der Waals surface area (Å²) in [7, 11) is 1.71. The molecule has 2 fully saturated rings. The second-order valence-corrected chi connectivity index (χ2v) is 18.0. The monoisotopic (exact) mass is 813 g/mol. The first-order chi connectivity index (χ1) is 28.1. The van der Waals surface area contributed by atoms with Crippen LogP contribution in [0.15, 0.2) is 36.4 Å². The van der Waals surface area contributed by atoms with Crippen molar-refractivity contribution in [2.24, 2.45) is 17.8 Å². The molecule has 13 heteroatoms. The van der Waals surface area contributed by atoms with Crippen LogP contribution in [-0.2, 0) is 45.1 Å². The summed E-state index contributed by atoms with van der Waals surface area (Å²) in [6.07, 6.45) is 4.22. The number of carbonyl (C=O) groups excluding carboxylic acids is 4. The number of likely N-dealkylation sites (N-methyl/N-ethyl adjacent to an activating group) is 1. The molecule has 5 heterocycles. The Balaban J connectivity index is 1.31. The van der Waals surface area contributed by atoms with Gasteiger partial charge in [0.15, 0.2) is 0 Å². The van der Waals surface area contributed by atoms with Gasteiger partial charge in [-0.25, -0.2) is 8.78 Å². The topological polar surface area (TPSA) is 121 Å². The van der Waals surface area contributed by atoms with Crippen LogP contribution in [0.4, 0.5) is 8.78 Å². The predicted octanol–water partition coefficient (Wildman–Crippen LogP) is 6.17. The Morgan fingerprint density at radius 1 is 0.644 bits per heavy atom. The minimum atomic E-state index is -0.692. The number of nitrogens with zero attached hydrogens (tertiary/aromatic N) is 4. The fraction of sp³-hybridized carbons (Fsp3) is 0.565. The summed E-state index contributed by atoms with van der Waals surface area (Å²) in [4.78, 5) is 58.4. The molecular weight excluding hydrogens is 753 g/mol. The van der Waals surface area contributed by atoms with Gasteiger partial charge < -0.3 is 34.9 Å². The first kappa shape index (κ1) is 42.3. The molecule has 59 heavy (non-hydrogen) atoms. The van der Waals surface area contributed by atoms with Crippen LogP contribution in [0.1, 0.15) is 85.3 Å². The van der Waals surface area contributed by atoms with E-state index in [1.54, 1.807) is 26.1 Å². The summed E-state index contributed by atoms with van der Waals surface area (Å²) in [6.45, 7) is 15.4. The Kier molecular flexibility index (Phi) is 12.2. The number of hydrogen-bond donors (Lipinski definition) is 3. The van der Waals surface area contributed by atoms with Crippen molar-refractivity contribution in [1.29, 1.82) is 0 Å². The van der Waals surface area contributed by atoms with Crippen LogP contribution in [0, 0.1) is 29.4 Å². The second-order valence-electron chi connectivity index (χ2n) is 18.0. The van der Waals surface area contributed by atoms with E-state index in [0.717, 1.165) is 70.0 Å². The average Bonchev–Trinajstić information content (AvgIpc) is 3.99. The number of benzene rings is 2. The fourth-order valence-electron chi connectivity index (χ4n) is 9.67. The lowest BCUT2D eigenvalue weighted by molar-refractivity contribution is -0.139. The molecule has 2 saturated heterocycles. The van der Waals surface area contributed by atoms with Crippen molar-refractivity contribution in [3.63, 3.8) is 0 Å². The number of likely N-dealkylation sites (tertiary alicyclic amines) is 2. The molecule has 4 aromatic rings. The first-order valence-electron chi connectivity index (χ1n) is 21.6. The van der Waals surface area contributed by atoms with Crippen molar-refractivity contribution in [1.82, 2.24) is 34.9 Å². The molecule has 4 amide bonds. The SMILES string of the molecule is CN[C@@H](C)C(=O)NC(C(=O)N1CCC[C@H]1Cc1c2n(c3cc(F)ccc13)CCn1c-2c(C[C@@H]2CCCN2C(=O)[C@@H](NC(=O)C(C)C)C(C)C)c2ccc(F)cc21)C(C)C. The highest BCUT2D eigenvalue weighted by molar-refractivity contribution is 5.98. The summed E-state index contributed by atoms with van der Waals surface area (Å²) < 4.78 is 34.7. The highest BCUT2D eigenvalue weighted by atomic mass is 19.1. The smallest absolute Gasteiger partial charge is 0.245 e. The maximum atomic E-state index is 15.1. The first-order valence-corrected chi connectivity index (χ1v) is 21.6. The van der Waals surface area contributed by atoms with Gasteiger partial charge in [0.1, 0.15) is 23.7 Å². The van der Waals surface area contributed by atoms with Crippen LogP contribution in [0.2, 0.25) is 0 Å². The number of fused-ring (bicyclic) bond motifs is 7. The van der Waals surface area contributed by atoms with E-state index >= 15 is 8.78 Å². The molecule has 2 aromatic carbocycles. The average molecular weight is 814 g/mol.